The second-order valence-corrected chi connectivity index (χ2v) is 6.89. The highest BCUT2D eigenvalue weighted by Gasteiger charge is 2.32. The number of urea groups is 1. The van der Waals surface area contributed by atoms with Crippen molar-refractivity contribution >= 4 is 40.9 Å². The molecule has 1 aliphatic heterocycles. The number of aliphatic carboxylic acids is 1. The number of carboxylic acids is 1. The molecule has 8 nitrogen and oxygen atoms in total. The second-order valence-electron chi connectivity index (χ2n) is 6.49. The van der Waals surface area contributed by atoms with Crippen LogP contribution < -0.4 is 20.3 Å². The fraction of sp³-hybridized carbons (Fsp3) is 0.250. The highest BCUT2D eigenvalue weighted by atomic mass is 35.5. The third kappa shape index (κ3) is 4.78. The number of fused-ring (bicyclic) bond motifs is 1. The summed E-state index contributed by atoms with van der Waals surface area (Å²) >= 11 is 5.98. The van der Waals surface area contributed by atoms with E-state index in [1.807, 2.05) is 12.1 Å². The molecule has 3 N–H and O–H groups in total. The molecule has 1 atom stereocenters. The highest BCUT2D eigenvalue weighted by molar-refractivity contribution is 6.32. The first-order chi connectivity index (χ1) is 13.9. The SMILES string of the molecule is COc1cc(NC(=O)NC2CCc3ccccc3N(CC(=O)O)C2=O)ccc1Cl. The molecular weight excluding hydrogens is 398 g/mol. The molecule has 0 fully saturated rings. The van der Waals surface area contributed by atoms with E-state index in [1.165, 1.54) is 12.0 Å². The summed E-state index contributed by atoms with van der Waals surface area (Å²) in [4.78, 5) is 37.9. The van der Waals surface area contributed by atoms with Gasteiger partial charge in [-0.2, -0.15) is 0 Å². The molecule has 0 bridgehead atoms. The first-order valence-corrected chi connectivity index (χ1v) is 9.29. The lowest BCUT2D eigenvalue weighted by molar-refractivity contribution is -0.136. The number of rotatable bonds is 5. The van der Waals surface area contributed by atoms with Gasteiger partial charge in [0, 0.05) is 17.4 Å². The van der Waals surface area contributed by atoms with Crippen LogP contribution in [0.2, 0.25) is 5.02 Å². The van der Waals surface area contributed by atoms with Gasteiger partial charge >= 0.3 is 12.0 Å². The number of methoxy groups -OCH3 is 1. The Balaban J connectivity index is 1.76. The van der Waals surface area contributed by atoms with Crippen molar-refractivity contribution in [2.24, 2.45) is 0 Å². The molecule has 1 aliphatic rings. The molecule has 1 heterocycles. The minimum Gasteiger partial charge on any atom is -0.495 e. The number of aryl methyl sites for hydroxylation is 1. The Morgan fingerprint density at radius 2 is 2.03 bits per heavy atom. The van der Waals surface area contributed by atoms with Gasteiger partial charge in [0.2, 0.25) is 5.91 Å². The molecule has 0 aromatic heterocycles. The number of carbonyl (C=O) groups excluding carboxylic acids is 2. The number of carbonyl (C=O) groups is 3. The fourth-order valence-corrected chi connectivity index (χ4v) is 3.41. The van der Waals surface area contributed by atoms with E-state index in [4.69, 9.17) is 16.3 Å². The van der Waals surface area contributed by atoms with E-state index in [9.17, 15) is 19.5 Å². The number of nitrogens with zero attached hydrogens (tertiary/aromatic N) is 1. The Morgan fingerprint density at radius 1 is 1.28 bits per heavy atom. The first kappa shape index (κ1) is 20.5. The van der Waals surface area contributed by atoms with Crippen LogP contribution in [-0.2, 0) is 16.0 Å². The number of hydrogen-bond donors (Lipinski definition) is 3. The van der Waals surface area contributed by atoms with Crippen molar-refractivity contribution in [1.82, 2.24) is 5.32 Å². The van der Waals surface area contributed by atoms with Gasteiger partial charge in [0.25, 0.3) is 0 Å². The lowest BCUT2D eigenvalue weighted by atomic mass is 10.1. The summed E-state index contributed by atoms with van der Waals surface area (Å²) in [7, 11) is 1.46. The number of anilines is 2. The van der Waals surface area contributed by atoms with Crippen LogP contribution in [0.1, 0.15) is 12.0 Å². The van der Waals surface area contributed by atoms with Crippen LogP contribution in [-0.4, -0.2) is 42.7 Å². The number of halogens is 1. The van der Waals surface area contributed by atoms with Gasteiger partial charge in [-0.15, -0.1) is 0 Å². The average molecular weight is 418 g/mol. The number of nitrogens with one attached hydrogen (secondary N) is 2. The Hall–Kier alpha value is -3.26. The molecule has 0 radical (unpaired) electrons. The maximum atomic E-state index is 13.0. The zero-order chi connectivity index (χ0) is 21.0. The van der Waals surface area contributed by atoms with E-state index >= 15 is 0 Å². The summed E-state index contributed by atoms with van der Waals surface area (Å²) in [6, 6.07) is 10.4. The van der Waals surface area contributed by atoms with Crippen molar-refractivity contribution in [1.29, 1.82) is 0 Å². The van der Waals surface area contributed by atoms with Crippen molar-refractivity contribution < 1.29 is 24.2 Å². The Labute approximate surface area is 172 Å². The van der Waals surface area contributed by atoms with Gasteiger partial charge in [-0.3, -0.25) is 14.5 Å². The standard InChI is InChI=1S/C20H20ClN3O5/c1-29-17-10-13(7-8-14(17)21)22-20(28)23-15-9-6-12-4-2-3-5-16(12)24(19(15)27)11-18(25)26/h2-5,7-8,10,15H,6,9,11H2,1H3,(H,25,26)(H2,22,23,28). The van der Waals surface area contributed by atoms with E-state index in [1.54, 1.807) is 30.3 Å². The second kappa shape index (κ2) is 8.83. The maximum absolute atomic E-state index is 13.0. The maximum Gasteiger partial charge on any atom is 0.323 e. The smallest absolute Gasteiger partial charge is 0.323 e. The van der Waals surface area contributed by atoms with E-state index in [2.05, 4.69) is 10.6 Å². The Morgan fingerprint density at radius 3 is 2.76 bits per heavy atom. The van der Waals surface area contributed by atoms with Gasteiger partial charge in [-0.25, -0.2) is 4.79 Å². The summed E-state index contributed by atoms with van der Waals surface area (Å²) < 4.78 is 5.12. The van der Waals surface area contributed by atoms with Gasteiger partial charge in [-0.1, -0.05) is 29.8 Å². The molecule has 0 aliphatic carbocycles. The van der Waals surface area contributed by atoms with Gasteiger partial charge in [0.1, 0.15) is 18.3 Å². The predicted molar refractivity (Wildman–Crippen MR) is 109 cm³/mol. The van der Waals surface area contributed by atoms with Crippen LogP contribution in [0.15, 0.2) is 42.5 Å². The monoisotopic (exact) mass is 417 g/mol. The van der Waals surface area contributed by atoms with E-state index in [0.717, 1.165) is 5.56 Å². The number of carboxylic acid groups (broad SMARTS) is 1. The largest absolute Gasteiger partial charge is 0.495 e. The van der Waals surface area contributed by atoms with Crippen molar-refractivity contribution in [3.8, 4) is 5.75 Å². The number of amides is 3. The minimum atomic E-state index is -1.13. The van der Waals surface area contributed by atoms with Crippen molar-refractivity contribution in [2.75, 3.05) is 23.9 Å². The molecule has 29 heavy (non-hydrogen) atoms. The summed E-state index contributed by atoms with van der Waals surface area (Å²) in [5.74, 6) is -1.20. The normalized spacial score (nSPS) is 15.9. The Bertz CT molecular complexity index is 949. The molecule has 0 saturated carbocycles. The van der Waals surface area contributed by atoms with Crippen LogP contribution in [0.4, 0.5) is 16.2 Å². The van der Waals surface area contributed by atoms with Crippen LogP contribution in [0.25, 0.3) is 0 Å². The molecule has 152 valence electrons. The topological polar surface area (TPSA) is 108 Å². The number of benzene rings is 2. The zero-order valence-corrected chi connectivity index (χ0v) is 16.4. The molecule has 1 unspecified atom stereocenters. The average Bonchev–Trinajstić information content (AvgIpc) is 2.81. The molecule has 2 aromatic carbocycles. The molecular formula is C20H20ClN3O5. The lowest BCUT2D eigenvalue weighted by Crippen LogP contribution is -2.50. The van der Waals surface area contributed by atoms with Crippen molar-refractivity contribution in [3.05, 3.63) is 53.1 Å². The third-order valence-electron chi connectivity index (χ3n) is 4.56. The Kier molecular flexibility index (Phi) is 6.23. The summed E-state index contributed by atoms with van der Waals surface area (Å²) in [5.41, 5.74) is 1.84. The summed E-state index contributed by atoms with van der Waals surface area (Å²) in [6.07, 6.45) is 0.876. The molecule has 0 spiro atoms. The zero-order valence-electron chi connectivity index (χ0n) is 15.6. The molecule has 9 heteroatoms. The number of ether oxygens (including phenoxy) is 1. The van der Waals surface area contributed by atoms with E-state index in [0.29, 0.717) is 35.0 Å². The molecule has 0 saturated heterocycles. The molecule has 3 amide bonds. The summed E-state index contributed by atoms with van der Waals surface area (Å²) in [5, 5.41) is 14.9. The third-order valence-corrected chi connectivity index (χ3v) is 4.87. The highest BCUT2D eigenvalue weighted by Crippen LogP contribution is 2.28. The quantitative estimate of drug-likeness (QED) is 0.693. The minimum absolute atomic E-state index is 0.351. The van der Waals surface area contributed by atoms with Crippen molar-refractivity contribution in [3.63, 3.8) is 0 Å². The van der Waals surface area contributed by atoms with Gasteiger partial charge in [-0.05, 0) is 36.6 Å². The van der Waals surface area contributed by atoms with Gasteiger partial charge in [0.15, 0.2) is 0 Å². The van der Waals surface area contributed by atoms with Crippen LogP contribution >= 0.6 is 11.6 Å². The van der Waals surface area contributed by atoms with E-state index < -0.39 is 30.5 Å². The summed E-state index contributed by atoms with van der Waals surface area (Å²) in [6.45, 7) is -0.482. The molecule has 3 rings (SSSR count). The van der Waals surface area contributed by atoms with E-state index in [-0.39, 0.29) is 0 Å². The lowest BCUT2D eigenvalue weighted by Gasteiger charge is -2.24. The fourth-order valence-electron chi connectivity index (χ4n) is 3.21. The first-order valence-electron chi connectivity index (χ1n) is 8.91. The number of hydrogen-bond acceptors (Lipinski definition) is 4. The van der Waals surface area contributed by atoms with Gasteiger partial charge in [0.05, 0.1) is 12.1 Å². The molecule has 2 aromatic rings. The van der Waals surface area contributed by atoms with Crippen LogP contribution in [0.3, 0.4) is 0 Å². The van der Waals surface area contributed by atoms with Gasteiger partial charge < -0.3 is 20.5 Å². The van der Waals surface area contributed by atoms with Crippen LogP contribution in [0, 0.1) is 0 Å². The number of para-hydroxylation sites is 1. The van der Waals surface area contributed by atoms with Crippen molar-refractivity contribution in [2.45, 2.75) is 18.9 Å². The van der Waals surface area contributed by atoms with Crippen LogP contribution in [0.5, 0.6) is 5.75 Å². The predicted octanol–water partition coefficient (Wildman–Crippen LogP) is 2.90.